The molecule has 0 saturated heterocycles. The maximum atomic E-state index is 13.8. The number of nitrogens with zero attached hydrogens (tertiary/aromatic N) is 1. The number of benzene rings is 2. The van der Waals surface area contributed by atoms with Crippen LogP contribution in [0.3, 0.4) is 0 Å². The fourth-order valence-electron chi connectivity index (χ4n) is 4.09. The van der Waals surface area contributed by atoms with Crippen molar-refractivity contribution in [1.29, 1.82) is 0 Å². The molecule has 4 nitrogen and oxygen atoms in total. The first kappa shape index (κ1) is 24.8. The second-order valence-corrected chi connectivity index (χ2v) is 9.09. The number of amides is 2. The second kappa shape index (κ2) is 11.9. The van der Waals surface area contributed by atoms with Crippen LogP contribution >= 0.6 is 34.8 Å². The molecular weight excluding hydrogens is 474 g/mol. The first-order chi connectivity index (χ1) is 15.4. The van der Waals surface area contributed by atoms with Gasteiger partial charge in [0.15, 0.2) is 0 Å². The van der Waals surface area contributed by atoms with Crippen molar-refractivity contribution in [3.05, 3.63) is 69.5 Å². The number of nitrogens with one attached hydrogen (secondary N) is 1. The van der Waals surface area contributed by atoms with Crippen molar-refractivity contribution in [3.8, 4) is 0 Å². The Labute approximate surface area is 203 Å². The Balaban J connectivity index is 2.00. The van der Waals surface area contributed by atoms with Crippen LogP contribution in [0.4, 0.5) is 4.39 Å². The predicted molar refractivity (Wildman–Crippen MR) is 127 cm³/mol. The summed E-state index contributed by atoms with van der Waals surface area (Å²) >= 11 is 18.6. The van der Waals surface area contributed by atoms with Crippen molar-refractivity contribution < 1.29 is 14.0 Å². The summed E-state index contributed by atoms with van der Waals surface area (Å²) in [5.74, 6) is -1.66. The molecule has 0 aliphatic heterocycles. The third kappa shape index (κ3) is 6.37. The highest BCUT2D eigenvalue weighted by molar-refractivity contribution is 6.32. The molecule has 1 aliphatic rings. The topological polar surface area (TPSA) is 49.4 Å². The summed E-state index contributed by atoms with van der Waals surface area (Å²) in [6, 6.07) is 9.83. The highest BCUT2D eigenvalue weighted by Crippen LogP contribution is 2.32. The molecule has 2 aromatic rings. The lowest BCUT2D eigenvalue weighted by atomic mass is 10.0. The van der Waals surface area contributed by atoms with E-state index in [9.17, 15) is 14.0 Å². The summed E-state index contributed by atoms with van der Waals surface area (Å²) in [6.07, 6.45) is 6.12. The predicted octanol–water partition coefficient (Wildman–Crippen LogP) is 6.28. The Bertz CT molecular complexity index is 949. The molecule has 1 aliphatic carbocycles. The van der Waals surface area contributed by atoms with Gasteiger partial charge >= 0.3 is 0 Å². The summed E-state index contributed by atoms with van der Waals surface area (Å²) in [5.41, 5.74) is 1.00. The summed E-state index contributed by atoms with van der Waals surface area (Å²) in [7, 11) is 0. The molecule has 172 valence electrons. The van der Waals surface area contributed by atoms with Crippen LogP contribution < -0.4 is 5.32 Å². The molecule has 3 rings (SSSR count). The molecular formula is C24H26Cl3FN2O2. The van der Waals surface area contributed by atoms with Gasteiger partial charge in [0.05, 0.1) is 0 Å². The third-order valence-electron chi connectivity index (χ3n) is 5.75. The van der Waals surface area contributed by atoms with Gasteiger partial charge in [0, 0.05) is 28.2 Å². The van der Waals surface area contributed by atoms with Gasteiger partial charge in [-0.2, -0.15) is 0 Å². The van der Waals surface area contributed by atoms with Crippen LogP contribution in [0.25, 0.3) is 0 Å². The minimum absolute atomic E-state index is 0.0139. The van der Waals surface area contributed by atoms with E-state index in [0.29, 0.717) is 16.1 Å². The highest BCUT2D eigenvalue weighted by atomic mass is 35.5. The van der Waals surface area contributed by atoms with Crippen molar-refractivity contribution in [2.75, 3.05) is 5.88 Å². The van der Waals surface area contributed by atoms with Gasteiger partial charge in [0.25, 0.3) is 0 Å². The molecule has 32 heavy (non-hydrogen) atoms. The zero-order valence-electron chi connectivity index (χ0n) is 17.6. The Morgan fingerprint density at radius 3 is 2.34 bits per heavy atom. The van der Waals surface area contributed by atoms with Gasteiger partial charge in [-0.1, -0.05) is 73.2 Å². The lowest BCUT2D eigenvalue weighted by molar-refractivity contribution is -0.140. The smallest absolute Gasteiger partial charge is 0.247 e. The van der Waals surface area contributed by atoms with Crippen LogP contribution in [0, 0.1) is 5.82 Å². The van der Waals surface area contributed by atoms with Crippen LogP contribution in [-0.2, 0) is 16.1 Å². The van der Waals surface area contributed by atoms with E-state index in [4.69, 9.17) is 34.8 Å². The van der Waals surface area contributed by atoms with Gasteiger partial charge in [-0.15, -0.1) is 11.6 Å². The van der Waals surface area contributed by atoms with Crippen molar-refractivity contribution in [1.82, 2.24) is 10.2 Å². The Morgan fingerprint density at radius 2 is 1.72 bits per heavy atom. The van der Waals surface area contributed by atoms with E-state index >= 15 is 0 Å². The molecule has 8 heteroatoms. The molecule has 0 bridgehead atoms. The zero-order chi connectivity index (χ0) is 23.1. The van der Waals surface area contributed by atoms with Crippen molar-refractivity contribution in [2.24, 2.45) is 0 Å². The highest BCUT2D eigenvalue weighted by Gasteiger charge is 2.34. The zero-order valence-corrected chi connectivity index (χ0v) is 19.9. The fourth-order valence-corrected chi connectivity index (χ4v) is 4.71. The minimum Gasteiger partial charge on any atom is -0.351 e. The number of rotatable bonds is 7. The van der Waals surface area contributed by atoms with Crippen LogP contribution in [0.1, 0.15) is 55.7 Å². The number of hydrogen-bond acceptors (Lipinski definition) is 2. The summed E-state index contributed by atoms with van der Waals surface area (Å²) in [5, 5.41) is 3.63. The molecule has 2 amide bonds. The van der Waals surface area contributed by atoms with Gasteiger partial charge < -0.3 is 10.2 Å². The number of carbonyl (C=O) groups excluding carboxylic acids is 2. The van der Waals surface area contributed by atoms with E-state index in [-0.39, 0.29) is 29.4 Å². The standard InChI is InChI=1S/C24H26Cl3FN2O2/c25-14-22(31)30(15-16-7-5-6-10-20(16)26)23(19-12-11-17(28)13-21(19)27)24(32)29-18-8-3-1-2-4-9-18/h5-7,10-13,18,23H,1-4,8-9,14-15H2,(H,29,32)/t23-/m0/s1. The minimum atomic E-state index is -1.08. The summed E-state index contributed by atoms with van der Waals surface area (Å²) < 4.78 is 13.8. The van der Waals surface area contributed by atoms with Crippen LogP contribution in [0.2, 0.25) is 10.0 Å². The van der Waals surface area contributed by atoms with Crippen LogP contribution in [-0.4, -0.2) is 28.6 Å². The molecule has 1 fully saturated rings. The van der Waals surface area contributed by atoms with Crippen molar-refractivity contribution >= 4 is 46.6 Å². The number of carbonyl (C=O) groups is 2. The first-order valence-electron chi connectivity index (χ1n) is 10.7. The Hall–Kier alpha value is -1.82. The molecule has 2 aromatic carbocycles. The van der Waals surface area contributed by atoms with E-state index in [1.807, 2.05) is 0 Å². The number of hydrogen-bond donors (Lipinski definition) is 1. The normalized spacial score (nSPS) is 15.6. The van der Waals surface area contributed by atoms with Crippen molar-refractivity contribution in [3.63, 3.8) is 0 Å². The van der Waals surface area contributed by atoms with E-state index < -0.39 is 17.8 Å². The molecule has 0 unspecified atom stereocenters. The lowest BCUT2D eigenvalue weighted by Crippen LogP contribution is -2.46. The summed E-state index contributed by atoms with van der Waals surface area (Å²) in [6.45, 7) is 0.0572. The van der Waals surface area contributed by atoms with E-state index in [0.717, 1.165) is 44.6 Å². The third-order valence-corrected chi connectivity index (χ3v) is 6.68. The molecule has 0 radical (unpaired) electrons. The quantitative estimate of drug-likeness (QED) is 0.360. The SMILES string of the molecule is O=C(NC1CCCCCC1)[C@H](c1ccc(F)cc1Cl)N(Cc1ccccc1Cl)C(=O)CCl. The fraction of sp³-hybridized carbons (Fsp3) is 0.417. The average Bonchev–Trinajstić information content (AvgIpc) is 3.04. The van der Waals surface area contributed by atoms with E-state index in [1.165, 1.54) is 17.0 Å². The monoisotopic (exact) mass is 498 g/mol. The molecule has 1 saturated carbocycles. The number of halogens is 4. The van der Waals surface area contributed by atoms with Gasteiger partial charge in [0.1, 0.15) is 17.7 Å². The molecule has 1 N–H and O–H groups in total. The molecule has 1 atom stereocenters. The number of alkyl halides is 1. The van der Waals surface area contributed by atoms with Gasteiger partial charge in [-0.05, 0) is 36.6 Å². The summed E-state index contributed by atoms with van der Waals surface area (Å²) in [4.78, 5) is 27.9. The maximum absolute atomic E-state index is 13.8. The van der Waals surface area contributed by atoms with Crippen molar-refractivity contribution in [2.45, 2.75) is 57.2 Å². The molecule has 0 heterocycles. The van der Waals surface area contributed by atoms with Gasteiger partial charge in [0.2, 0.25) is 11.8 Å². The molecule has 0 spiro atoms. The second-order valence-electron chi connectivity index (χ2n) is 8.01. The van der Waals surface area contributed by atoms with E-state index in [1.54, 1.807) is 24.3 Å². The maximum Gasteiger partial charge on any atom is 0.247 e. The first-order valence-corrected chi connectivity index (χ1v) is 12.0. The van der Waals surface area contributed by atoms with Gasteiger partial charge in [-0.3, -0.25) is 9.59 Å². The average molecular weight is 500 g/mol. The Morgan fingerprint density at radius 1 is 1.03 bits per heavy atom. The van der Waals surface area contributed by atoms with Gasteiger partial charge in [-0.25, -0.2) is 4.39 Å². The largest absolute Gasteiger partial charge is 0.351 e. The Kier molecular flexibility index (Phi) is 9.21. The lowest BCUT2D eigenvalue weighted by Gasteiger charge is -2.33. The van der Waals surface area contributed by atoms with E-state index in [2.05, 4.69) is 5.32 Å². The van der Waals surface area contributed by atoms with Crippen LogP contribution in [0.15, 0.2) is 42.5 Å². The van der Waals surface area contributed by atoms with Crippen LogP contribution in [0.5, 0.6) is 0 Å². The molecule has 0 aromatic heterocycles.